The predicted molar refractivity (Wildman–Crippen MR) is 51.8 cm³/mol. The van der Waals surface area contributed by atoms with Gasteiger partial charge in [0.2, 0.25) is 0 Å². The molecule has 0 aliphatic carbocycles. The molecule has 3 nitrogen and oxygen atoms in total. The van der Waals surface area contributed by atoms with Gasteiger partial charge in [-0.3, -0.25) is 4.79 Å². The molecule has 0 amide bonds. The predicted octanol–water partition coefficient (Wildman–Crippen LogP) is 1.65. The third-order valence-electron chi connectivity index (χ3n) is 1.43. The van der Waals surface area contributed by atoms with Gasteiger partial charge in [0.15, 0.2) is 5.78 Å². The lowest BCUT2D eigenvalue weighted by Crippen LogP contribution is -2.00. The standard InChI is InChI=1S/C9H9ClN2O/c1-11-6-4-8(13)7-3-2-5-12-9(7)10/h2-6,11H,1H3/b6-4+. The van der Waals surface area contributed by atoms with E-state index in [2.05, 4.69) is 10.3 Å². The zero-order valence-corrected chi connectivity index (χ0v) is 7.88. The molecule has 0 bridgehead atoms. The molecule has 0 aromatic carbocycles. The van der Waals surface area contributed by atoms with Crippen LogP contribution in [-0.4, -0.2) is 17.8 Å². The van der Waals surface area contributed by atoms with E-state index in [1.807, 2.05) is 0 Å². The van der Waals surface area contributed by atoms with Crippen LogP contribution >= 0.6 is 11.6 Å². The maximum absolute atomic E-state index is 11.4. The molecule has 0 unspecified atom stereocenters. The van der Waals surface area contributed by atoms with Gasteiger partial charge in [-0.25, -0.2) is 4.98 Å². The van der Waals surface area contributed by atoms with E-state index in [4.69, 9.17) is 11.6 Å². The topological polar surface area (TPSA) is 42.0 Å². The molecule has 1 aromatic rings. The fourth-order valence-electron chi connectivity index (χ4n) is 0.819. The third-order valence-corrected chi connectivity index (χ3v) is 1.73. The SMILES string of the molecule is CN/C=C/C(=O)c1cccnc1Cl. The fraction of sp³-hybridized carbons (Fsp3) is 0.111. The van der Waals surface area contributed by atoms with Crippen molar-refractivity contribution in [2.45, 2.75) is 0 Å². The van der Waals surface area contributed by atoms with E-state index in [1.165, 1.54) is 6.08 Å². The summed E-state index contributed by atoms with van der Waals surface area (Å²) in [5.41, 5.74) is 0.413. The van der Waals surface area contributed by atoms with Gasteiger partial charge in [0.25, 0.3) is 0 Å². The van der Waals surface area contributed by atoms with Crippen LogP contribution in [0.4, 0.5) is 0 Å². The molecule has 1 N–H and O–H groups in total. The van der Waals surface area contributed by atoms with Crippen molar-refractivity contribution >= 4 is 17.4 Å². The van der Waals surface area contributed by atoms with Crippen LogP contribution in [0, 0.1) is 0 Å². The number of rotatable bonds is 3. The Hall–Kier alpha value is -1.35. The number of aromatic nitrogens is 1. The van der Waals surface area contributed by atoms with Crippen LogP contribution in [-0.2, 0) is 0 Å². The number of halogens is 1. The highest BCUT2D eigenvalue weighted by atomic mass is 35.5. The molecule has 0 fully saturated rings. The zero-order chi connectivity index (χ0) is 9.68. The Morgan fingerprint density at radius 3 is 3.08 bits per heavy atom. The smallest absolute Gasteiger partial charge is 0.190 e. The van der Waals surface area contributed by atoms with Crippen molar-refractivity contribution in [3.8, 4) is 0 Å². The number of hydrogen-bond acceptors (Lipinski definition) is 3. The largest absolute Gasteiger partial charge is 0.394 e. The second-order valence-corrected chi connectivity index (χ2v) is 2.69. The van der Waals surface area contributed by atoms with Crippen LogP contribution in [0.5, 0.6) is 0 Å². The summed E-state index contributed by atoms with van der Waals surface area (Å²) < 4.78 is 0. The molecular formula is C9H9ClN2O. The summed E-state index contributed by atoms with van der Waals surface area (Å²) in [4.78, 5) is 15.2. The molecule has 0 saturated carbocycles. The van der Waals surface area contributed by atoms with Gasteiger partial charge >= 0.3 is 0 Å². The molecule has 0 atom stereocenters. The molecule has 0 aliphatic rings. The number of pyridine rings is 1. The molecule has 4 heteroatoms. The molecule has 13 heavy (non-hydrogen) atoms. The molecule has 1 rings (SSSR count). The van der Waals surface area contributed by atoms with Crippen LogP contribution in [0.3, 0.4) is 0 Å². The quantitative estimate of drug-likeness (QED) is 0.454. The average Bonchev–Trinajstić information content (AvgIpc) is 2.15. The Morgan fingerprint density at radius 2 is 2.46 bits per heavy atom. The lowest BCUT2D eigenvalue weighted by Gasteiger charge is -1.96. The van der Waals surface area contributed by atoms with Crippen LogP contribution in [0.1, 0.15) is 10.4 Å². The van der Waals surface area contributed by atoms with E-state index in [1.54, 1.807) is 31.6 Å². The van der Waals surface area contributed by atoms with E-state index in [0.29, 0.717) is 5.56 Å². The maximum atomic E-state index is 11.4. The number of ketones is 1. The monoisotopic (exact) mass is 196 g/mol. The second kappa shape index (κ2) is 4.62. The third kappa shape index (κ3) is 2.56. The Labute approximate surface area is 81.4 Å². The van der Waals surface area contributed by atoms with Crippen molar-refractivity contribution in [3.05, 3.63) is 41.3 Å². The van der Waals surface area contributed by atoms with Gasteiger partial charge in [-0.2, -0.15) is 0 Å². The summed E-state index contributed by atoms with van der Waals surface area (Å²) in [6.07, 6.45) is 4.50. The minimum absolute atomic E-state index is 0.160. The van der Waals surface area contributed by atoms with E-state index in [0.717, 1.165) is 0 Å². The number of carbonyl (C=O) groups is 1. The normalized spacial score (nSPS) is 10.3. The van der Waals surface area contributed by atoms with Crippen LogP contribution in [0.25, 0.3) is 0 Å². The average molecular weight is 197 g/mol. The van der Waals surface area contributed by atoms with Crippen molar-refractivity contribution in [1.82, 2.24) is 10.3 Å². The molecule has 0 spiro atoms. The van der Waals surface area contributed by atoms with Crippen molar-refractivity contribution in [1.29, 1.82) is 0 Å². The number of nitrogens with one attached hydrogen (secondary N) is 1. The van der Waals surface area contributed by atoms with Crippen molar-refractivity contribution in [2.75, 3.05) is 7.05 Å². The Bertz CT molecular complexity index is 336. The summed E-state index contributed by atoms with van der Waals surface area (Å²) in [7, 11) is 1.72. The number of hydrogen-bond donors (Lipinski definition) is 1. The molecular weight excluding hydrogens is 188 g/mol. The Balaban J connectivity index is 2.89. The van der Waals surface area contributed by atoms with Crippen molar-refractivity contribution in [2.24, 2.45) is 0 Å². The number of carbonyl (C=O) groups excluding carboxylic acids is 1. The lowest BCUT2D eigenvalue weighted by atomic mass is 10.2. The van der Waals surface area contributed by atoms with Gasteiger partial charge in [-0.15, -0.1) is 0 Å². The highest BCUT2D eigenvalue weighted by Gasteiger charge is 2.06. The zero-order valence-electron chi connectivity index (χ0n) is 7.12. The van der Waals surface area contributed by atoms with Crippen LogP contribution in [0.15, 0.2) is 30.6 Å². The first kappa shape index (κ1) is 9.74. The molecule has 0 saturated heterocycles. The van der Waals surface area contributed by atoms with Gasteiger partial charge in [0.05, 0.1) is 5.56 Å². The van der Waals surface area contributed by atoms with Crippen LogP contribution < -0.4 is 5.32 Å². The summed E-state index contributed by atoms with van der Waals surface area (Å²) in [6, 6.07) is 3.31. The minimum Gasteiger partial charge on any atom is -0.394 e. The minimum atomic E-state index is -0.160. The first-order chi connectivity index (χ1) is 6.25. The molecule has 1 heterocycles. The number of nitrogens with zero attached hydrogens (tertiary/aromatic N) is 1. The van der Waals surface area contributed by atoms with Crippen LogP contribution in [0.2, 0.25) is 5.15 Å². The van der Waals surface area contributed by atoms with Crippen molar-refractivity contribution in [3.63, 3.8) is 0 Å². The second-order valence-electron chi connectivity index (χ2n) is 2.33. The number of allylic oxidation sites excluding steroid dienone is 1. The molecule has 68 valence electrons. The van der Waals surface area contributed by atoms with Gasteiger partial charge in [0.1, 0.15) is 5.15 Å². The Kier molecular flexibility index (Phi) is 3.46. The summed E-state index contributed by atoms with van der Waals surface area (Å²) in [5, 5.41) is 2.95. The first-order valence-corrected chi connectivity index (χ1v) is 4.12. The Morgan fingerprint density at radius 1 is 1.69 bits per heavy atom. The maximum Gasteiger partial charge on any atom is 0.190 e. The van der Waals surface area contributed by atoms with E-state index >= 15 is 0 Å². The van der Waals surface area contributed by atoms with Gasteiger partial charge in [-0.1, -0.05) is 11.6 Å². The lowest BCUT2D eigenvalue weighted by molar-refractivity contribution is 0.104. The van der Waals surface area contributed by atoms with Gasteiger partial charge in [0, 0.05) is 25.5 Å². The molecule has 0 radical (unpaired) electrons. The summed E-state index contributed by atoms with van der Waals surface area (Å²) in [6.45, 7) is 0. The summed E-state index contributed by atoms with van der Waals surface area (Å²) in [5.74, 6) is -0.160. The first-order valence-electron chi connectivity index (χ1n) is 3.74. The van der Waals surface area contributed by atoms with E-state index < -0.39 is 0 Å². The molecule has 1 aromatic heterocycles. The van der Waals surface area contributed by atoms with E-state index in [-0.39, 0.29) is 10.9 Å². The van der Waals surface area contributed by atoms with Gasteiger partial charge in [-0.05, 0) is 12.1 Å². The highest BCUT2D eigenvalue weighted by Crippen LogP contribution is 2.12. The fourth-order valence-corrected chi connectivity index (χ4v) is 1.03. The highest BCUT2D eigenvalue weighted by molar-refractivity contribution is 6.33. The van der Waals surface area contributed by atoms with E-state index in [9.17, 15) is 4.79 Å². The van der Waals surface area contributed by atoms with Crippen molar-refractivity contribution < 1.29 is 4.79 Å². The summed E-state index contributed by atoms with van der Waals surface area (Å²) >= 11 is 5.71. The molecule has 0 aliphatic heterocycles. The van der Waals surface area contributed by atoms with Gasteiger partial charge < -0.3 is 5.32 Å².